The van der Waals surface area contributed by atoms with Gasteiger partial charge in [0, 0.05) is 39.9 Å². The Kier molecular flexibility index (Phi) is 44.4. The van der Waals surface area contributed by atoms with E-state index in [1.54, 1.807) is 0 Å². The molecule has 0 radical (unpaired) electrons. The first-order valence-corrected chi connectivity index (χ1v) is 36.3. The van der Waals surface area contributed by atoms with Crippen molar-refractivity contribution in [1.82, 2.24) is 0 Å². The van der Waals surface area contributed by atoms with Crippen LogP contribution in [0.4, 0.5) is 0 Å². The first kappa shape index (κ1) is 78.1. The Morgan fingerprint density at radius 3 is 0.931 bits per heavy atom. The molecule has 0 N–H and O–H groups in total. The number of benzene rings is 5. The van der Waals surface area contributed by atoms with Gasteiger partial charge < -0.3 is 23.7 Å². The summed E-state index contributed by atoms with van der Waals surface area (Å²) < 4.78 is 6.98. The molecule has 5 nitrogen and oxygen atoms in total. The van der Waals surface area contributed by atoms with E-state index in [1.807, 2.05) is 54.6 Å². The highest BCUT2D eigenvalue weighted by molar-refractivity contribution is 6.31. The third-order valence-electron chi connectivity index (χ3n) is 17.8. The average molecular weight is 1250 g/mol. The highest BCUT2D eigenvalue weighted by atomic mass is 35.5. The molecule has 0 saturated carbocycles. The molecule has 9 heteroatoms. The van der Waals surface area contributed by atoms with Crippen molar-refractivity contribution in [3.63, 3.8) is 0 Å². The molecule has 0 spiro atoms. The van der Waals surface area contributed by atoms with Gasteiger partial charge in [-0.15, -0.1) is 0 Å². The van der Waals surface area contributed by atoms with Gasteiger partial charge in [-0.05, 0) is 116 Å². The van der Waals surface area contributed by atoms with E-state index in [2.05, 4.69) is 126 Å². The zero-order valence-electron chi connectivity index (χ0n) is 56.0. The molecular formula is C78H122BCl3N2O3. The second-order valence-electron chi connectivity index (χ2n) is 26.5. The Morgan fingerprint density at radius 2 is 0.632 bits per heavy atom. The predicted octanol–water partition coefficient (Wildman–Crippen LogP) is 21.6. The maximum atomic E-state index is 10.6. The fraction of sp³-hybridized carbons (Fsp3) is 0.615. The largest absolute Gasteiger partial charge is 0.871 e. The SMILES string of the molecule is CCCCCCCCCCCCCCCC[N+](C)(C)CCCc1ccccc1.CCCCCCCCCCCCCCCC[N+](C)(C)CCCc1ccccc1.[O-]B([O-])OCCCCCC(c1cccc(Cl)c1)(c1cccc(Cl)c1)c1cccc(Cl)c1. The van der Waals surface area contributed by atoms with Crippen LogP contribution in [0.25, 0.3) is 0 Å². The lowest BCUT2D eigenvalue weighted by Gasteiger charge is -2.37. The van der Waals surface area contributed by atoms with Gasteiger partial charge in [-0.2, -0.15) is 0 Å². The van der Waals surface area contributed by atoms with Gasteiger partial charge in [0.1, 0.15) is 0 Å². The summed E-state index contributed by atoms with van der Waals surface area (Å²) >= 11 is 19.2. The Morgan fingerprint density at radius 1 is 0.345 bits per heavy atom. The summed E-state index contributed by atoms with van der Waals surface area (Å²) in [5, 5.41) is 23.1. The minimum atomic E-state index is -2.23. The first-order chi connectivity index (χ1) is 42.2. The van der Waals surface area contributed by atoms with Crippen molar-refractivity contribution in [3.05, 3.63) is 176 Å². The third-order valence-corrected chi connectivity index (χ3v) is 18.5. The fourth-order valence-corrected chi connectivity index (χ4v) is 13.0. The molecular weight excluding hydrogens is 1130 g/mol. The van der Waals surface area contributed by atoms with E-state index in [9.17, 15) is 10.0 Å². The molecule has 5 rings (SSSR count). The number of aryl methyl sites for hydroxylation is 2. The zero-order chi connectivity index (χ0) is 63.0. The average Bonchev–Trinajstić information content (AvgIpc) is 0.868. The van der Waals surface area contributed by atoms with E-state index >= 15 is 0 Å². The minimum Gasteiger partial charge on any atom is -0.871 e. The van der Waals surface area contributed by atoms with Gasteiger partial charge >= 0.3 is 0 Å². The van der Waals surface area contributed by atoms with Crippen LogP contribution >= 0.6 is 34.8 Å². The van der Waals surface area contributed by atoms with Crippen molar-refractivity contribution in [2.75, 3.05) is 61.0 Å². The van der Waals surface area contributed by atoms with E-state index in [4.69, 9.17) is 34.8 Å². The van der Waals surface area contributed by atoms with Crippen LogP contribution in [-0.2, 0) is 22.9 Å². The van der Waals surface area contributed by atoms with Crippen molar-refractivity contribution in [2.45, 2.75) is 250 Å². The maximum Gasteiger partial charge on any atom is 0.0785 e. The molecule has 0 bridgehead atoms. The van der Waals surface area contributed by atoms with Gasteiger partial charge in [-0.3, -0.25) is 0 Å². The third kappa shape index (κ3) is 38.3. The molecule has 0 aliphatic carbocycles. The Hall–Kier alpha value is -3.17. The van der Waals surface area contributed by atoms with Gasteiger partial charge in [0.25, 0.3) is 0 Å². The molecule has 0 aliphatic heterocycles. The highest BCUT2D eigenvalue weighted by Gasteiger charge is 2.36. The molecule has 0 amide bonds. The minimum absolute atomic E-state index is 0.163. The van der Waals surface area contributed by atoms with Gasteiger partial charge in [0.2, 0.25) is 0 Å². The van der Waals surface area contributed by atoms with Crippen LogP contribution in [-0.4, -0.2) is 77.3 Å². The highest BCUT2D eigenvalue weighted by Crippen LogP contribution is 2.45. The monoisotopic (exact) mass is 1250 g/mol. The van der Waals surface area contributed by atoms with Gasteiger partial charge in [-0.25, -0.2) is 0 Å². The zero-order valence-corrected chi connectivity index (χ0v) is 58.3. The number of nitrogens with zero attached hydrogens (tertiary/aromatic N) is 2. The van der Waals surface area contributed by atoms with Crippen LogP contribution in [0.1, 0.15) is 260 Å². The summed E-state index contributed by atoms with van der Waals surface area (Å²) in [6.45, 7) is 10.0. The normalized spacial score (nSPS) is 11.7. The molecule has 486 valence electrons. The number of quaternary nitrogens is 2. The first-order valence-electron chi connectivity index (χ1n) is 35.1. The van der Waals surface area contributed by atoms with Gasteiger partial charge in [-0.1, -0.05) is 313 Å². The summed E-state index contributed by atoms with van der Waals surface area (Å²) in [4.78, 5) is 0. The Balaban J connectivity index is 0.000000342. The van der Waals surface area contributed by atoms with Crippen LogP contribution in [0.15, 0.2) is 133 Å². The van der Waals surface area contributed by atoms with Crippen molar-refractivity contribution in [1.29, 1.82) is 0 Å². The summed E-state index contributed by atoms with van der Waals surface area (Å²) in [6.07, 6.45) is 48.6. The van der Waals surface area contributed by atoms with Crippen LogP contribution in [0.2, 0.25) is 15.1 Å². The predicted molar refractivity (Wildman–Crippen MR) is 378 cm³/mol. The Bertz CT molecular complexity index is 2190. The lowest BCUT2D eigenvalue weighted by Crippen LogP contribution is -2.47. The maximum absolute atomic E-state index is 10.6. The molecule has 0 heterocycles. The van der Waals surface area contributed by atoms with E-state index in [0.29, 0.717) is 21.5 Å². The van der Waals surface area contributed by atoms with Crippen LogP contribution in [0, 0.1) is 0 Å². The molecule has 0 aliphatic rings. The van der Waals surface area contributed by atoms with E-state index in [-0.39, 0.29) is 6.61 Å². The molecule has 5 aromatic rings. The topological polar surface area (TPSA) is 55.3 Å². The number of unbranched alkanes of at least 4 members (excludes halogenated alkanes) is 28. The summed E-state index contributed by atoms with van der Waals surface area (Å²) in [6, 6.07) is 45.4. The number of halogens is 3. The van der Waals surface area contributed by atoms with Crippen molar-refractivity contribution in [2.24, 2.45) is 0 Å². The van der Waals surface area contributed by atoms with Crippen LogP contribution in [0.5, 0.6) is 0 Å². The molecule has 87 heavy (non-hydrogen) atoms. The summed E-state index contributed by atoms with van der Waals surface area (Å²) in [5.41, 5.74) is 5.57. The molecule has 5 aromatic carbocycles. The van der Waals surface area contributed by atoms with E-state index < -0.39 is 12.7 Å². The molecule has 0 fully saturated rings. The lowest BCUT2D eigenvalue weighted by atomic mass is 9.66. The second-order valence-corrected chi connectivity index (χ2v) is 27.9. The summed E-state index contributed by atoms with van der Waals surface area (Å²) in [7, 11) is 7.41. The van der Waals surface area contributed by atoms with Crippen LogP contribution in [0.3, 0.4) is 0 Å². The smallest absolute Gasteiger partial charge is 0.0785 e. The van der Waals surface area contributed by atoms with Crippen molar-refractivity contribution >= 4 is 42.1 Å². The van der Waals surface area contributed by atoms with E-state index in [0.717, 1.165) is 36.0 Å². The standard InChI is InChI=1S/2C27H50N.C24H22BCl3O3/c2*1-4-5-6-7-8-9-10-11-12-13-14-15-16-20-25-28(2,3)26-21-24-27-22-18-17-19-23-27;26-21-10-4-7-18(15-21)24(19-8-5-11-22(27)16-19,20-9-6-12-23(28)17-20)13-2-1-3-14-31-25(29)30/h2*17-19,22-23H,4-16,20-21,24-26H2,1-3H3;4-12,15-17H,1-3,13-14H2/q2*+1;-2. The number of hydrogen-bond donors (Lipinski definition) is 0. The van der Waals surface area contributed by atoms with Crippen molar-refractivity contribution in [3.8, 4) is 0 Å². The summed E-state index contributed by atoms with van der Waals surface area (Å²) in [5.74, 6) is 0. The fourth-order valence-electron chi connectivity index (χ4n) is 12.4. The molecule has 0 atom stereocenters. The van der Waals surface area contributed by atoms with E-state index in [1.165, 1.54) is 252 Å². The Labute approximate surface area is 550 Å². The molecule has 0 unspecified atom stereocenters. The molecule has 0 saturated heterocycles. The quantitative estimate of drug-likeness (QED) is 0.0169. The number of hydrogen-bond acceptors (Lipinski definition) is 3. The van der Waals surface area contributed by atoms with Crippen molar-refractivity contribution < 1.29 is 23.7 Å². The van der Waals surface area contributed by atoms with Crippen LogP contribution < -0.4 is 10.0 Å². The molecule has 0 aromatic heterocycles. The lowest BCUT2D eigenvalue weighted by molar-refractivity contribution is -0.890. The van der Waals surface area contributed by atoms with Gasteiger partial charge in [0.05, 0.1) is 61.7 Å². The number of rotatable bonds is 48. The van der Waals surface area contributed by atoms with Gasteiger partial charge in [0.15, 0.2) is 0 Å². The second kappa shape index (κ2) is 49.5.